The van der Waals surface area contributed by atoms with E-state index >= 15 is 0 Å². The molecule has 1 aliphatic rings. The Kier molecular flexibility index (Phi) is 4.40. The van der Waals surface area contributed by atoms with Gasteiger partial charge in [-0.15, -0.1) is 0 Å². The summed E-state index contributed by atoms with van der Waals surface area (Å²) in [6, 6.07) is 20.4. The molecule has 21 heavy (non-hydrogen) atoms. The summed E-state index contributed by atoms with van der Waals surface area (Å²) in [6.45, 7) is 2.22. The van der Waals surface area contributed by atoms with E-state index in [1.165, 1.54) is 36.0 Å². The summed E-state index contributed by atoms with van der Waals surface area (Å²) in [5, 5.41) is 3.55. The fourth-order valence-corrected chi connectivity index (χ4v) is 3.52. The second-order valence-corrected chi connectivity index (χ2v) is 6.28. The van der Waals surface area contributed by atoms with E-state index in [4.69, 9.17) is 0 Å². The van der Waals surface area contributed by atoms with Gasteiger partial charge in [-0.3, -0.25) is 0 Å². The molecule has 3 rings (SSSR count). The summed E-state index contributed by atoms with van der Waals surface area (Å²) >= 11 is 0. The van der Waals surface area contributed by atoms with Gasteiger partial charge in [0.05, 0.1) is 0 Å². The van der Waals surface area contributed by atoms with Crippen LogP contribution in [0.1, 0.15) is 35.4 Å². The lowest BCUT2D eigenvalue weighted by Crippen LogP contribution is -2.28. The van der Waals surface area contributed by atoms with Crippen LogP contribution in [0.2, 0.25) is 0 Å². The van der Waals surface area contributed by atoms with Crippen LogP contribution in [-0.2, 0) is 6.42 Å². The van der Waals surface area contributed by atoms with Crippen molar-refractivity contribution in [3.05, 3.63) is 71.3 Å². The quantitative estimate of drug-likeness (QED) is 0.830. The van der Waals surface area contributed by atoms with Gasteiger partial charge in [-0.05, 0) is 61.8 Å². The van der Waals surface area contributed by atoms with Gasteiger partial charge in [-0.1, -0.05) is 54.6 Å². The van der Waals surface area contributed by atoms with E-state index in [-0.39, 0.29) is 0 Å². The summed E-state index contributed by atoms with van der Waals surface area (Å²) < 4.78 is 0. The van der Waals surface area contributed by atoms with Crippen LogP contribution < -0.4 is 5.32 Å². The molecule has 0 bridgehead atoms. The van der Waals surface area contributed by atoms with Crippen LogP contribution in [0.15, 0.2) is 54.6 Å². The van der Waals surface area contributed by atoms with Gasteiger partial charge in [0.2, 0.25) is 0 Å². The number of benzene rings is 2. The molecule has 1 nitrogen and oxygen atoms in total. The molecule has 1 saturated carbocycles. The van der Waals surface area contributed by atoms with Crippen LogP contribution in [0.25, 0.3) is 0 Å². The molecule has 110 valence electrons. The van der Waals surface area contributed by atoms with Crippen LogP contribution in [0.4, 0.5) is 0 Å². The van der Waals surface area contributed by atoms with Crippen molar-refractivity contribution in [2.45, 2.75) is 38.1 Å². The molecule has 1 aliphatic carbocycles. The van der Waals surface area contributed by atoms with Crippen LogP contribution >= 0.6 is 0 Å². The van der Waals surface area contributed by atoms with Crippen LogP contribution in [-0.4, -0.2) is 13.1 Å². The number of rotatable bonds is 6. The summed E-state index contributed by atoms with van der Waals surface area (Å²) in [6.07, 6.45) is 3.74. The molecule has 0 aliphatic heterocycles. The lowest BCUT2D eigenvalue weighted by molar-refractivity contribution is 0.462. The first-order valence-corrected chi connectivity index (χ1v) is 8.06. The van der Waals surface area contributed by atoms with Crippen molar-refractivity contribution in [1.29, 1.82) is 0 Å². The highest BCUT2D eigenvalue weighted by Crippen LogP contribution is 2.50. The Morgan fingerprint density at radius 3 is 2.48 bits per heavy atom. The SMILES string of the molecule is CNC(CCc1ccccc1C)C1CC1c1ccccc1. The van der Waals surface area contributed by atoms with E-state index in [0.717, 1.165) is 11.8 Å². The normalized spacial score (nSPS) is 22.0. The van der Waals surface area contributed by atoms with Gasteiger partial charge in [0.1, 0.15) is 0 Å². The smallest absolute Gasteiger partial charge is 0.0102 e. The Hall–Kier alpha value is -1.60. The predicted octanol–water partition coefficient (Wildman–Crippen LogP) is 4.32. The fraction of sp³-hybridized carbons (Fsp3) is 0.400. The summed E-state index contributed by atoms with van der Waals surface area (Å²) in [5.74, 6) is 1.57. The van der Waals surface area contributed by atoms with Crippen molar-refractivity contribution in [2.75, 3.05) is 7.05 Å². The highest BCUT2D eigenvalue weighted by Gasteiger charge is 2.42. The molecule has 1 N–H and O–H groups in total. The highest BCUT2D eigenvalue weighted by molar-refractivity contribution is 5.28. The van der Waals surface area contributed by atoms with E-state index in [1.807, 2.05) is 0 Å². The lowest BCUT2D eigenvalue weighted by atomic mass is 9.97. The molecule has 0 radical (unpaired) electrons. The first-order chi connectivity index (χ1) is 10.3. The standard InChI is InChI=1S/C20H25N/c1-15-8-6-7-9-16(15)12-13-20(21-2)19-14-18(19)17-10-4-3-5-11-17/h3-11,18-21H,12-14H2,1-2H3. The maximum Gasteiger partial charge on any atom is 0.0102 e. The average molecular weight is 279 g/mol. The van der Waals surface area contributed by atoms with E-state index in [9.17, 15) is 0 Å². The second-order valence-electron chi connectivity index (χ2n) is 6.28. The molecule has 1 heteroatoms. The van der Waals surface area contributed by atoms with Gasteiger partial charge in [0.15, 0.2) is 0 Å². The van der Waals surface area contributed by atoms with E-state index < -0.39 is 0 Å². The minimum absolute atomic E-state index is 0.634. The Labute approximate surface area is 128 Å². The van der Waals surface area contributed by atoms with Crippen LogP contribution in [0.5, 0.6) is 0 Å². The third kappa shape index (κ3) is 3.36. The first-order valence-electron chi connectivity index (χ1n) is 8.06. The summed E-state index contributed by atoms with van der Waals surface area (Å²) in [7, 11) is 2.11. The van der Waals surface area contributed by atoms with Crippen molar-refractivity contribution in [2.24, 2.45) is 5.92 Å². The number of hydrogen-bond acceptors (Lipinski definition) is 1. The minimum Gasteiger partial charge on any atom is -0.317 e. The third-order valence-corrected chi connectivity index (χ3v) is 4.94. The zero-order valence-electron chi connectivity index (χ0n) is 13.0. The van der Waals surface area contributed by atoms with Gasteiger partial charge in [-0.25, -0.2) is 0 Å². The Bertz CT molecular complexity index is 575. The number of nitrogens with one attached hydrogen (secondary N) is 1. The zero-order valence-corrected chi connectivity index (χ0v) is 13.0. The maximum atomic E-state index is 3.55. The van der Waals surface area contributed by atoms with Crippen molar-refractivity contribution in [3.63, 3.8) is 0 Å². The summed E-state index contributed by atoms with van der Waals surface area (Å²) in [4.78, 5) is 0. The first kappa shape index (κ1) is 14.3. The van der Waals surface area contributed by atoms with Crippen molar-refractivity contribution < 1.29 is 0 Å². The van der Waals surface area contributed by atoms with Gasteiger partial charge >= 0.3 is 0 Å². The highest BCUT2D eigenvalue weighted by atomic mass is 14.9. The second kappa shape index (κ2) is 6.44. The molecule has 3 atom stereocenters. The van der Waals surface area contributed by atoms with Gasteiger partial charge < -0.3 is 5.32 Å². The minimum atomic E-state index is 0.634. The largest absolute Gasteiger partial charge is 0.317 e. The molecule has 0 aromatic heterocycles. The third-order valence-electron chi connectivity index (χ3n) is 4.94. The molecule has 1 fully saturated rings. The van der Waals surface area contributed by atoms with Crippen LogP contribution in [0, 0.1) is 12.8 Å². The van der Waals surface area contributed by atoms with Crippen LogP contribution in [0.3, 0.4) is 0 Å². The summed E-state index contributed by atoms with van der Waals surface area (Å²) in [5.41, 5.74) is 4.43. The molecular weight excluding hydrogens is 254 g/mol. The van der Waals surface area contributed by atoms with E-state index in [1.54, 1.807) is 0 Å². The van der Waals surface area contributed by atoms with E-state index in [2.05, 4.69) is 73.9 Å². The molecule has 2 aromatic carbocycles. The monoisotopic (exact) mass is 279 g/mol. The van der Waals surface area contributed by atoms with Gasteiger partial charge in [0.25, 0.3) is 0 Å². The Morgan fingerprint density at radius 1 is 1.05 bits per heavy atom. The fourth-order valence-electron chi connectivity index (χ4n) is 3.52. The van der Waals surface area contributed by atoms with Gasteiger partial charge in [0, 0.05) is 6.04 Å². The molecule has 0 amide bonds. The predicted molar refractivity (Wildman–Crippen MR) is 89.6 cm³/mol. The molecule has 0 spiro atoms. The average Bonchev–Trinajstić information content (AvgIpc) is 3.31. The molecule has 0 heterocycles. The molecule has 3 unspecified atom stereocenters. The van der Waals surface area contributed by atoms with Gasteiger partial charge in [-0.2, -0.15) is 0 Å². The molecule has 2 aromatic rings. The molecular formula is C20H25N. The lowest BCUT2D eigenvalue weighted by Gasteiger charge is -2.17. The maximum absolute atomic E-state index is 3.55. The zero-order chi connectivity index (χ0) is 14.7. The van der Waals surface area contributed by atoms with Crippen molar-refractivity contribution in [1.82, 2.24) is 5.32 Å². The Balaban J connectivity index is 1.59. The van der Waals surface area contributed by atoms with E-state index in [0.29, 0.717) is 6.04 Å². The Morgan fingerprint density at radius 2 is 1.76 bits per heavy atom. The topological polar surface area (TPSA) is 12.0 Å². The van der Waals surface area contributed by atoms with Crippen molar-refractivity contribution in [3.8, 4) is 0 Å². The van der Waals surface area contributed by atoms with Crippen molar-refractivity contribution >= 4 is 0 Å². The number of hydrogen-bond donors (Lipinski definition) is 1. The number of aryl methyl sites for hydroxylation is 2. The molecule has 0 saturated heterocycles.